The number of halogens is 1. The second-order valence-electron chi connectivity index (χ2n) is 5.59. The zero-order valence-corrected chi connectivity index (χ0v) is 12.0. The molecule has 0 fully saturated rings. The molecule has 1 amide bonds. The largest absolute Gasteiger partial charge is 0.325 e. The summed E-state index contributed by atoms with van der Waals surface area (Å²) in [6.07, 6.45) is 2.88. The van der Waals surface area contributed by atoms with Crippen LogP contribution in [0.15, 0.2) is 42.5 Å². The number of aryl methyl sites for hydroxylation is 2. The number of nitrogens with one attached hydrogen (secondary N) is 1. The van der Waals surface area contributed by atoms with Crippen LogP contribution in [-0.4, -0.2) is 5.91 Å². The summed E-state index contributed by atoms with van der Waals surface area (Å²) < 4.78 is 13.3. The standard InChI is InChI=1S/C18H18FNO/c1-12-9-10-14(19)11-17(12)20-18(21)16-8-4-6-13-5-2-3-7-15(13)16/h2-3,5,7,9-11,16H,4,6,8H2,1H3,(H,20,21). The Morgan fingerprint density at radius 3 is 2.90 bits per heavy atom. The van der Waals surface area contributed by atoms with Gasteiger partial charge in [-0.3, -0.25) is 4.79 Å². The predicted molar refractivity (Wildman–Crippen MR) is 81.9 cm³/mol. The van der Waals surface area contributed by atoms with Crippen LogP contribution in [0.25, 0.3) is 0 Å². The van der Waals surface area contributed by atoms with Crippen LogP contribution in [0.5, 0.6) is 0 Å². The van der Waals surface area contributed by atoms with Gasteiger partial charge in [-0.1, -0.05) is 30.3 Å². The number of carbonyl (C=O) groups is 1. The minimum atomic E-state index is -0.333. The molecule has 0 bridgehead atoms. The van der Waals surface area contributed by atoms with Gasteiger partial charge < -0.3 is 5.32 Å². The van der Waals surface area contributed by atoms with Crippen molar-refractivity contribution in [3.05, 3.63) is 65.0 Å². The maximum atomic E-state index is 13.3. The molecule has 2 nitrogen and oxygen atoms in total. The minimum absolute atomic E-state index is 0.0455. The van der Waals surface area contributed by atoms with Crippen molar-refractivity contribution >= 4 is 11.6 Å². The molecule has 3 heteroatoms. The molecule has 2 aromatic rings. The number of carbonyl (C=O) groups excluding carboxylic acids is 1. The lowest BCUT2D eigenvalue weighted by atomic mass is 9.82. The molecule has 1 atom stereocenters. The molecule has 1 N–H and O–H groups in total. The van der Waals surface area contributed by atoms with E-state index in [2.05, 4.69) is 11.4 Å². The summed E-state index contributed by atoms with van der Waals surface area (Å²) in [4.78, 5) is 12.6. The van der Waals surface area contributed by atoms with Gasteiger partial charge in [0.1, 0.15) is 5.82 Å². The van der Waals surface area contributed by atoms with Gasteiger partial charge in [-0.05, 0) is 55.0 Å². The molecular formula is C18H18FNO. The summed E-state index contributed by atoms with van der Waals surface area (Å²) in [6.45, 7) is 1.86. The van der Waals surface area contributed by atoms with Crippen molar-refractivity contribution in [3.63, 3.8) is 0 Å². The van der Waals surface area contributed by atoms with E-state index in [1.54, 1.807) is 6.07 Å². The summed E-state index contributed by atoms with van der Waals surface area (Å²) in [7, 11) is 0. The number of fused-ring (bicyclic) bond motifs is 1. The van der Waals surface area contributed by atoms with Gasteiger partial charge in [-0.15, -0.1) is 0 Å². The molecule has 0 saturated heterocycles. The number of benzene rings is 2. The lowest BCUT2D eigenvalue weighted by Crippen LogP contribution is -2.25. The monoisotopic (exact) mass is 283 g/mol. The molecule has 0 aromatic heterocycles. The van der Waals surface area contributed by atoms with E-state index in [0.29, 0.717) is 5.69 Å². The molecule has 0 saturated carbocycles. The van der Waals surface area contributed by atoms with Crippen LogP contribution in [0.1, 0.15) is 35.4 Å². The van der Waals surface area contributed by atoms with Crippen molar-refractivity contribution in [3.8, 4) is 0 Å². The van der Waals surface area contributed by atoms with Gasteiger partial charge in [0.05, 0.1) is 5.92 Å². The Labute approximate surface area is 124 Å². The van der Waals surface area contributed by atoms with Crippen LogP contribution < -0.4 is 5.32 Å². The summed E-state index contributed by atoms with van der Waals surface area (Å²) >= 11 is 0. The Morgan fingerprint density at radius 2 is 2.05 bits per heavy atom. The highest BCUT2D eigenvalue weighted by Crippen LogP contribution is 2.32. The molecule has 0 radical (unpaired) electrons. The Hall–Kier alpha value is -2.16. The van der Waals surface area contributed by atoms with E-state index in [1.165, 1.54) is 17.7 Å². The van der Waals surface area contributed by atoms with Crippen LogP contribution in [0.3, 0.4) is 0 Å². The van der Waals surface area contributed by atoms with Gasteiger partial charge >= 0.3 is 0 Å². The molecule has 0 aliphatic heterocycles. The molecule has 1 aliphatic rings. The summed E-state index contributed by atoms with van der Waals surface area (Å²) in [5.41, 5.74) is 3.78. The smallest absolute Gasteiger partial charge is 0.231 e. The van der Waals surface area contributed by atoms with Crippen molar-refractivity contribution in [2.75, 3.05) is 5.32 Å². The number of rotatable bonds is 2. The number of anilines is 1. The first-order valence-electron chi connectivity index (χ1n) is 7.30. The van der Waals surface area contributed by atoms with Crippen molar-refractivity contribution in [1.29, 1.82) is 0 Å². The molecule has 0 spiro atoms. The Kier molecular flexibility index (Phi) is 3.74. The third-order valence-electron chi connectivity index (χ3n) is 4.14. The van der Waals surface area contributed by atoms with Gasteiger partial charge in [-0.25, -0.2) is 4.39 Å². The quantitative estimate of drug-likeness (QED) is 0.879. The topological polar surface area (TPSA) is 29.1 Å². The van der Waals surface area contributed by atoms with Crippen molar-refractivity contribution in [2.24, 2.45) is 0 Å². The van der Waals surface area contributed by atoms with Crippen molar-refractivity contribution in [2.45, 2.75) is 32.1 Å². The highest BCUT2D eigenvalue weighted by atomic mass is 19.1. The van der Waals surface area contributed by atoms with Gasteiger partial charge in [-0.2, -0.15) is 0 Å². The zero-order chi connectivity index (χ0) is 14.8. The van der Waals surface area contributed by atoms with Crippen LogP contribution in [0.4, 0.5) is 10.1 Å². The second kappa shape index (κ2) is 5.68. The Balaban J connectivity index is 1.85. The third-order valence-corrected chi connectivity index (χ3v) is 4.14. The molecule has 21 heavy (non-hydrogen) atoms. The first kappa shape index (κ1) is 13.8. The summed E-state index contributed by atoms with van der Waals surface area (Å²) in [5.74, 6) is -0.520. The van der Waals surface area contributed by atoms with Crippen LogP contribution in [0, 0.1) is 12.7 Å². The number of amides is 1. The molecule has 1 unspecified atom stereocenters. The van der Waals surface area contributed by atoms with Gasteiger partial charge in [0, 0.05) is 5.69 Å². The first-order chi connectivity index (χ1) is 10.1. The van der Waals surface area contributed by atoms with E-state index in [-0.39, 0.29) is 17.6 Å². The van der Waals surface area contributed by atoms with E-state index in [9.17, 15) is 9.18 Å². The molecule has 108 valence electrons. The zero-order valence-electron chi connectivity index (χ0n) is 12.0. The maximum Gasteiger partial charge on any atom is 0.231 e. The number of hydrogen-bond donors (Lipinski definition) is 1. The van der Waals surface area contributed by atoms with E-state index in [0.717, 1.165) is 30.4 Å². The van der Waals surface area contributed by atoms with Gasteiger partial charge in [0.25, 0.3) is 0 Å². The summed E-state index contributed by atoms with van der Waals surface area (Å²) in [5, 5.41) is 2.88. The summed E-state index contributed by atoms with van der Waals surface area (Å²) in [6, 6.07) is 12.6. The molecule has 0 heterocycles. The van der Waals surface area contributed by atoms with E-state index >= 15 is 0 Å². The lowest BCUT2D eigenvalue weighted by Gasteiger charge is -2.25. The lowest BCUT2D eigenvalue weighted by molar-refractivity contribution is -0.117. The average molecular weight is 283 g/mol. The first-order valence-corrected chi connectivity index (χ1v) is 7.30. The Morgan fingerprint density at radius 1 is 1.24 bits per heavy atom. The van der Waals surface area contributed by atoms with E-state index in [1.807, 2.05) is 25.1 Å². The maximum absolute atomic E-state index is 13.3. The Bertz CT molecular complexity index is 681. The van der Waals surface area contributed by atoms with Crippen molar-refractivity contribution < 1.29 is 9.18 Å². The molecule has 1 aliphatic carbocycles. The van der Waals surface area contributed by atoms with E-state index < -0.39 is 0 Å². The minimum Gasteiger partial charge on any atom is -0.325 e. The second-order valence-corrected chi connectivity index (χ2v) is 5.59. The van der Waals surface area contributed by atoms with Crippen LogP contribution in [0.2, 0.25) is 0 Å². The molecule has 2 aromatic carbocycles. The number of hydrogen-bond acceptors (Lipinski definition) is 1. The van der Waals surface area contributed by atoms with E-state index in [4.69, 9.17) is 0 Å². The average Bonchev–Trinajstić information content (AvgIpc) is 2.50. The fourth-order valence-electron chi connectivity index (χ4n) is 2.98. The van der Waals surface area contributed by atoms with Crippen LogP contribution in [-0.2, 0) is 11.2 Å². The van der Waals surface area contributed by atoms with Gasteiger partial charge in [0.2, 0.25) is 5.91 Å². The van der Waals surface area contributed by atoms with Gasteiger partial charge in [0.15, 0.2) is 0 Å². The van der Waals surface area contributed by atoms with Crippen molar-refractivity contribution in [1.82, 2.24) is 0 Å². The third kappa shape index (κ3) is 2.82. The molecule has 3 rings (SSSR count). The predicted octanol–water partition coefficient (Wildman–Crippen LogP) is 4.19. The van der Waals surface area contributed by atoms with Crippen LogP contribution >= 0.6 is 0 Å². The fourth-order valence-corrected chi connectivity index (χ4v) is 2.98. The fraction of sp³-hybridized carbons (Fsp3) is 0.278. The highest BCUT2D eigenvalue weighted by molar-refractivity contribution is 5.96. The highest BCUT2D eigenvalue weighted by Gasteiger charge is 2.26. The SMILES string of the molecule is Cc1ccc(F)cc1NC(=O)C1CCCc2ccccc21. The molecular weight excluding hydrogens is 265 g/mol. The normalized spacial score (nSPS) is 17.1.